The highest BCUT2D eigenvalue weighted by Gasteiger charge is 2.15. The second-order valence-electron chi connectivity index (χ2n) is 5.85. The van der Waals surface area contributed by atoms with Crippen LogP contribution in [0.15, 0.2) is 82.3 Å². The summed E-state index contributed by atoms with van der Waals surface area (Å²) in [5, 5.41) is 10.4. The Hall–Kier alpha value is -2.87. The lowest BCUT2D eigenvalue weighted by atomic mass is 10.1. The number of nitrogens with two attached hydrogens (primary N) is 1. The molecule has 8 heteroatoms. The van der Waals surface area contributed by atoms with E-state index in [1.807, 2.05) is 24.3 Å². The predicted octanol–water partition coefficient (Wildman–Crippen LogP) is 4.10. The number of hydrogen-bond donors (Lipinski definition) is 1. The number of halogens is 1. The zero-order valence-electron chi connectivity index (χ0n) is 13.9. The number of rotatable bonds is 4. The fourth-order valence-electron chi connectivity index (χ4n) is 2.73. The number of primary sulfonamides is 1. The number of sulfonamides is 1. The van der Waals surface area contributed by atoms with Crippen molar-refractivity contribution in [2.45, 2.75) is 4.90 Å². The fourth-order valence-corrected chi connectivity index (χ4v) is 3.37. The molecule has 2 N–H and O–H groups in total. The molecule has 0 aliphatic heterocycles. The van der Waals surface area contributed by atoms with Crippen molar-refractivity contribution in [2.75, 3.05) is 0 Å². The second kappa shape index (κ2) is 6.70. The van der Waals surface area contributed by atoms with Crippen LogP contribution in [0.4, 0.5) is 0 Å². The van der Waals surface area contributed by atoms with Crippen LogP contribution in [0.5, 0.6) is 0 Å². The number of aromatic nitrogens is 2. The maximum Gasteiger partial charge on any atom is 0.238 e. The van der Waals surface area contributed by atoms with Gasteiger partial charge in [0, 0.05) is 10.6 Å². The molecule has 4 rings (SSSR count). The van der Waals surface area contributed by atoms with Gasteiger partial charge in [-0.25, -0.2) is 18.2 Å². The van der Waals surface area contributed by atoms with Gasteiger partial charge in [0.15, 0.2) is 5.76 Å². The molecular weight excluding hydrogens is 386 g/mol. The first kappa shape index (κ1) is 17.5. The molecule has 0 bridgehead atoms. The number of hydrogen-bond acceptors (Lipinski definition) is 4. The molecule has 136 valence electrons. The fraction of sp³-hybridized carbons (Fsp3) is 0. The Kier molecular flexibility index (Phi) is 4.35. The van der Waals surface area contributed by atoms with Crippen LogP contribution in [0.2, 0.25) is 5.02 Å². The van der Waals surface area contributed by atoms with E-state index in [0.29, 0.717) is 22.2 Å². The summed E-state index contributed by atoms with van der Waals surface area (Å²) in [6, 6.07) is 19.1. The van der Waals surface area contributed by atoms with Crippen LogP contribution < -0.4 is 5.14 Å². The molecule has 0 amide bonds. The first-order valence-electron chi connectivity index (χ1n) is 7.95. The highest BCUT2D eigenvalue weighted by atomic mass is 35.5. The lowest BCUT2D eigenvalue weighted by molar-refractivity contribution is 0.579. The van der Waals surface area contributed by atoms with Gasteiger partial charge in [-0.2, -0.15) is 5.10 Å². The quantitative estimate of drug-likeness (QED) is 0.559. The van der Waals surface area contributed by atoms with Crippen LogP contribution in [0.1, 0.15) is 0 Å². The van der Waals surface area contributed by atoms with Gasteiger partial charge in [-0.1, -0.05) is 23.7 Å². The highest BCUT2D eigenvalue weighted by Crippen LogP contribution is 2.30. The zero-order chi connectivity index (χ0) is 19.0. The van der Waals surface area contributed by atoms with Gasteiger partial charge in [-0.3, -0.25) is 0 Å². The Morgan fingerprint density at radius 1 is 1.00 bits per heavy atom. The van der Waals surface area contributed by atoms with Crippen LogP contribution in [-0.4, -0.2) is 18.2 Å². The summed E-state index contributed by atoms with van der Waals surface area (Å²) in [6.45, 7) is 0. The van der Waals surface area contributed by atoms with Crippen molar-refractivity contribution < 1.29 is 12.8 Å². The SMILES string of the molecule is NS(=O)(=O)c1ccc(-n2nc(-c3ccco3)cc2-c2ccc(Cl)cc2)cc1. The number of benzene rings is 2. The van der Waals surface area contributed by atoms with E-state index >= 15 is 0 Å². The molecule has 0 unspecified atom stereocenters. The van der Waals surface area contributed by atoms with E-state index in [1.165, 1.54) is 12.1 Å². The molecule has 0 saturated heterocycles. The van der Waals surface area contributed by atoms with Gasteiger partial charge in [-0.05, 0) is 54.6 Å². The Morgan fingerprint density at radius 3 is 2.30 bits per heavy atom. The van der Waals surface area contributed by atoms with Crippen molar-refractivity contribution in [2.24, 2.45) is 5.14 Å². The van der Waals surface area contributed by atoms with Crippen LogP contribution in [0.3, 0.4) is 0 Å². The van der Waals surface area contributed by atoms with Crippen molar-refractivity contribution in [1.82, 2.24) is 9.78 Å². The summed E-state index contributed by atoms with van der Waals surface area (Å²) < 4.78 is 30.1. The van der Waals surface area contributed by atoms with Crippen LogP contribution in [-0.2, 0) is 10.0 Å². The van der Waals surface area contributed by atoms with Gasteiger partial charge in [-0.15, -0.1) is 0 Å². The normalized spacial score (nSPS) is 11.6. The third-order valence-electron chi connectivity index (χ3n) is 4.03. The van der Waals surface area contributed by atoms with Crippen LogP contribution in [0.25, 0.3) is 28.4 Å². The average molecular weight is 400 g/mol. The van der Waals surface area contributed by atoms with E-state index in [-0.39, 0.29) is 4.90 Å². The van der Waals surface area contributed by atoms with Gasteiger partial charge in [0.25, 0.3) is 0 Å². The van der Waals surface area contributed by atoms with Gasteiger partial charge in [0.1, 0.15) is 5.69 Å². The molecule has 0 radical (unpaired) electrons. The Labute approximate surface area is 160 Å². The van der Waals surface area contributed by atoms with Crippen molar-refractivity contribution in [1.29, 1.82) is 0 Å². The van der Waals surface area contributed by atoms with E-state index in [2.05, 4.69) is 5.10 Å². The van der Waals surface area contributed by atoms with Crippen molar-refractivity contribution in [3.63, 3.8) is 0 Å². The monoisotopic (exact) mass is 399 g/mol. The number of furan rings is 1. The average Bonchev–Trinajstić information content (AvgIpc) is 3.31. The van der Waals surface area contributed by atoms with Crippen LogP contribution in [0, 0.1) is 0 Å². The summed E-state index contributed by atoms with van der Waals surface area (Å²) in [5.41, 5.74) is 3.05. The summed E-state index contributed by atoms with van der Waals surface area (Å²) in [6.07, 6.45) is 1.58. The lowest BCUT2D eigenvalue weighted by Gasteiger charge is -2.08. The minimum Gasteiger partial charge on any atom is -0.463 e. The topological polar surface area (TPSA) is 91.1 Å². The third kappa shape index (κ3) is 3.52. The molecule has 0 fully saturated rings. The molecule has 0 atom stereocenters. The molecule has 0 spiro atoms. The maximum absolute atomic E-state index is 11.5. The van der Waals surface area contributed by atoms with Gasteiger partial charge < -0.3 is 4.42 Å². The summed E-state index contributed by atoms with van der Waals surface area (Å²) >= 11 is 6.00. The molecular formula is C19H14ClN3O3S. The van der Waals surface area contributed by atoms with Gasteiger partial charge >= 0.3 is 0 Å². The Balaban J connectivity index is 1.86. The zero-order valence-corrected chi connectivity index (χ0v) is 15.5. The van der Waals surface area contributed by atoms with Crippen molar-refractivity contribution >= 4 is 21.6 Å². The largest absolute Gasteiger partial charge is 0.463 e. The van der Waals surface area contributed by atoms with E-state index < -0.39 is 10.0 Å². The second-order valence-corrected chi connectivity index (χ2v) is 7.85. The molecule has 2 aromatic carbocycles. The molecule has 2 heterocycles. The Bertz CT molecular complexity index is 1180. The van der Waals surface area contributed by atoms with E-state index in [9.17, 15) is 8.42 Å². The van der Waals surface area contributed by atoms with Gasteiger partial charge in [0.05, 0.1) is 22.5 Å². The first-order valence-corrected chi connectivity index (χ1v) is 9.87. The predicted molar refractivity (Wildman–Crippen MR) is 103 cm³/mol. The smallest absolute Gasteiger partial charge is 0.238 e. The van der Waals surface area contributed by atoms with E-state index in [1.54, 1.807) is 41.3 Å². The van der Waals surface area contributed by atoms with Crippen molar-refractivity contribution in [3.05, 3.63) is 78.0 Å². The minimum atomic E-state index is -3.76. The molecule has 0 aliphatic carbocycles. The van der Waals surface area contributed by atoms with E-state index in [0.717, 1.165) is 11.3 Å². The Morgan fingerprint density at radius 2 is 1.70 bits per heavy atom. The van der Waals surface area contributed by atoms with Crippen LogP contribution >= 0.6 is 11.6 Å². The third-order valence-corrected chi connectivity index (χ3v) is 5.21. The number of nitrogens with zero attached hydrogens (tertiary/aromatic N) is 2. The molecule has 4 aromatic rings. The summed E-state index contributed by atoms with van der Waals surface area (Å²) in [7, 11) is -3.76. The van der Waals surface area contributed by atoms with E-state index in [4.69, 9.17) is 21.2 Å². The van der Waals surface area contributed by atoms with Gasteiger partial charge in [0.2, 0.25) is 10.0 Å². The summed E-state index contributed by atoms with van der Waals surface area (Å²) in [4.78, 5) is 0.0395. The maximum atomic E-state index is 11.5. The van der Waals surface area contributed by atoms with Crippen molar-refractivity contribution in [3.8, 4) is 28.4 Å². The molecule has 2 aromatic heterocycles. The molecule has 0 saturated carbocycles. The molecule has 6 nitrogen and oxygen atoms in total. The minimum absolute atomic E-state index is 0.0395. The first-order chi connectivity index (χ1) is 12.9. The lowest BCUT2D eigenvalue weighted by Crippen LogP contribution is -2.12. The molecule has 0 aliphatic rings. The highest BCUT2D eigenvalue weighted by molar-refractivity contribution is 7.89. The summed E-state index contributed by atoms with van der Waals surface area (Å²) in [5.74, 6) is 0.630. The molecule has 27 heavy (non-hydrogen) atoms. The standard InChI is InChI=1S/C19H14ClN3O3S/c20-14-5-3-13(4-6-14)18-12-17(19-2-1-11-26-19)22-23(18)15-7-9-16(10-8-15)27(21,24)25/h1-12H,(H2,21,24,25).